The van der Waals surface area contributed by atoms with Crippen LogP contribution in [0.15, 0.2) is 6.07 Å². The van der Waals surface area contributed by atoms with E-state index in [1.807, 2.05) is 0 Å². The molecule has 7 heteroatoms. The lowest BCUT2D eigenvalue weighted by Crippen LogP contribution is -2.03. The molecule has 0 saturated heterocycles. The van der Waals surface area contributed by atoms with Gasteiger partial charge in [0, 0.05) is 5.69 Å². The van der Waals surface area contributed by atoms with Crippen molar-refractivity contribution in [2.75, 3.05) is 5.73 Å². The minimum Gasteiger partial charge on any atom is -0.398 e. The van der Waals surface area contributed by atoms with Gasteiger partial charge in [-0.05, 0) is 17.7 Å². The van der Waals surface area contributed by atoms with Crippen LogP contribution < -0.4 is 5.73 Å². The largest absolute Gasteiger partial charge is 0.398 e. The lowest BCUT2D eigenvalue weighted by atomic mass is 10.2. The Morgan fingerprint density at radius 3 is 2.50 bits per heavy atom. The van der Waals surface area contributed by atoms with Gasteiger partial charge in [-0.1, -0.05) is 11.6 Å². The van der Waals surface area contributed by atoms with Crippen LogP contribution in [0.4, 0.5) is 14.5 Å². The highest BCUT2D eigenvalue weighted by atomic mass is 35.5. The zero-order valence-electron chi connectivity index (χ0n) is 6.60. The lowest BCUT2D eigenvalue weighted by molar-refractivity contribution is 0.107. The molecule has 1 heterocycles. The van der Waals surface area contributed by atoms with Crippen molar-refractivity contribution in [1.29, 1.82) is 0 Å². The molecule has 1 rings (SSSR count). The topological polar surface area (TPSA) is 56.0 Å². The van der Waals surface area contributed by atoms with Crippen molar-refractivity contribution in [2.45, 2.75) is 6.43 Å². The van der Waals surface area contributed by atoms with Crippen LogP contribution in [0, 0.1) is 0 Å². The van der Waals surface area contributed by atoms with Gasteiger partial charge in [0.25, 0.3) is 11.7 Å². The number of hydrogen-bond donors (Lipinski definition) is 1. The Labute approximate surface area is 87.8 Å². The lowest BCUT2D eigenvalue weighted by Gasteiger charge is -2.06. The van der Waals surface area contributed by atoms with E-state index in [2.05, 4.69) is 4.98 Å². The van der Waals surface area contributed by atoms with Crippen LogP contribution in [0.25, 0.3) is 0 Å². The Morgan fingerprint density at radius 2 is 2.14 bits per heavy atom. The van der Waals surface area contributed by atoms with E-state index in [4.69, 9.17) is 28.9 Å². The van der Waals surface area contributed by atoms with Crippen molar-refractivity contribution in [3.05, 3.63) is 22.5 Å². The van der Waals surface area contributed by atoms with Gasteiger partial charge in [-0.25, -0.2) is 13.8 Å². The Kier molecular flexibility index (Phi) is 3.23. The average molecular weight is 241 g/mol. The summed E-state index contributed by atoms with van der Waals surface area (Å²) in [6, 6.07) is 0.961. The first-order valence-electron chi connectivity index (χ1n) is 3.37. The Bertz CT molecular complexity index is 361. The van der Waals surface area contributed by atoms with Gasteiger partial charge in [-0.2, -0.15) is 0 Å². The maximum Gasteiger partial charge on any atom is 0.270 e. The number of halogens is 4. The molecule has 14 heavy (non-hydrogen) atoms. The van der Waals surface area contributed by atoms with E-state index >= 15 is 0 Å². The fourth-order valence-corrected chi connectivity index (χ4v) is 1.24. The number of carbonyl (C=O) groups is 1. The van der Waals surface area contributed by atoms with E-state index in [0.717, 1.165) is 6.07 Å². The van der Waals surface area contributed by atoms with Crippen LogP contribution in [0.3, 0.4) is 0 Å². The fourth-order valence-electron chi connectivity index (χ4n) is 0.859. The summed E-state index contributed by atoms with van der Waals surface area (Å²) < 4.78 is 24.6. The van der Waals surface area contributed by atoms with Crippen molar-refractivity contribution in [3.8, 4) is 0 Å². The molecular weight excluding hydrogens is 237 g/mol. The molecule has 0 aliphatic rings. The monoisotopic (exact) mass is 240 g/mol. The van der Waals surface area contributed by atoms with Crippen LogP contribution in [0.1, 0.15) is 22.5 Å². The van der Waals surface area contributed by atoms with Crippen molar-refractivity contribution in [1.82, 2.24) is 4.98 Å². The third-order valence-corrected chi connectivity index (χ3v) is 1.95. The second-order valence-corrected chi connectivity index (χ2v) is 3.08. The van der Waals surface area contributed by atoms with E-state index in [9.17, 15) is 13.6 Å². The molecule has 2 N–H and O–H groups in total. The first-order chi connectivity index (χ1) is 6.43. The number of nitrogens with zero attached hydrogens (tertiary/aromatic N) is 1. The molecule has 76 valence electrons. The summed E-state index contributed by atoms with van der Waals surface area (Å²) >= 11 is 10.5. The summed E-state index contributed by atoms with van der Waals surface area (Å²) in [4.78, 5) is 14.0. The van der Waals surface area contributed by atoms with E-state index < -0.39 is 22.4 Å². The molecule has 0 fully saturated rings. The van der Waals surface area contributed by atoms with Crippen LogP contribution in [0.2, 0.25) is 5.15 Å². The highest BCUT2D eigenvalue weighted by Crippen LogP contribution is 2.31. The fraction of sp³-hybridized carbons (Fsp3) is 0.143. The summed E-state index contributed by atoms with van der Waals surface area (Å²) in [6.45, 7) is 0. The van der Waals surface area contributed by atoms with Gasteiger partial charge >= 0.3 is 0 Å². The van der Waals surface area contributed by atoms with Crippen molar-refractivity contribution in [2.24, 2.45) is 0 Å². The second kappa shape index (κ2) is 4.06. The van der Waals surface area contributed by atoms with Gasteiger partial charge < -0.3 is 5.73 Å². The van der Waals surface area contributed by atoms with Gasteiger partial charge in [0.2, 0.25) is 0 Å². The van der Waals surface area contributed by atoms with Crippen molar-refractivity contribution in [3.63, 3.8) is 0 Å². The number of carbonyl (C=O) groups excluding carboxylic acids is 1. The molecular formula is C7H4Cl2F2N2O. The molecule has 1 aromatic heterocycles. The molecule has 0 unspecified atom stereocenters. The number of nitrogen functional groups attached to an aromatic ring is 1. The Morgan fingerprint density at radius 1 is 1.57 bits per heavy atom. The number of anilines is 1. The van der Waals surface area contributed by atoms with E-state index in [-0.39, 0.29) is 11.4 Å². The van der Waals surface area contributed by atoms with E-state index in [1.54, 1.807) is 0 Å². The molecule has 3 nitrogen and oxygen atoms in total. The zero-order chi connectivity index (χ0) is 10.9. The maximum atomic E-state index is 12.3. The Balaban J connectivity index is 3.32. The third-order valence-electron chi connectivity index (χ3n) is 1.46. The van der Waals surface area contributed by atoms with Crippen molar-refractivity contribution < 1.29 is 13.6 Å². The minimum absolute atomic E-state index is 0.251. The first-order valence-corrected chi connectivity index (χ1v) is 4.13. The van der Waals surface area contributed by atoms with Crippen LogP contribution in [0.5, 0.6) is 0 Å². The Hall–Kier alpha value is -0.940. The van der Waals surface area contributed by atoms with Gasteiger partial charge in [0.05, 0.1) is 5.56 Å². The molecule has 0 bridgehead atoms. The highest BCUT2D eigenvalue weighted by Gasteiger charge is 2.19. The van der Waals surface area contributed by atoms with Gasteiger partial charge in [-0.3, -0.25) is 4.79 Å². The third kappa shape index (κ3) is 2.10. The smallest absolute Gasteiger partial charge is 0.270 e. The molecule has 0 atom stereocenters. The SMILES string of the molecule is Nc1cc(C(=O)Cl)nc(Cl)c1C(F)F. The minimum atomic E-state index is -2.84. The predicted molar refractivity (Wildman–Crippen MR) is 48.8 cm³/mol. The summed E-state index contributed by atoms with van der Waals surface area (Å²) in [5, 5.41) is -1.41. The van der Waals surface area contributed by atoms with Crippen LogP contribution in [-0.4, -0.2) is 10.2 Å². The predicted octanol–water partition coefficient (Wildman–Crippen LogP) is 2.63. The molecule has 1 aromatic rings. The van der Waals surface area contributed by atoms with Gasteiger partial charge in [0.15, 0.2) is 0 Å². The summed E-state index contributed by atoms with van der Waals surface area (Å²) in [5.74, 6) is 0. The zero-order valence-corrected chi connectivity index (χ0v) is 8.11. The van der Waals surface area contributed by atoms with Gasteiger partial charge in [0.1, 0.15) is 10.8 Å². The molecule has 0 spiro atoms. The summed E-state index contributed by atoms with van der Waals surface area (Å²) in [7, 11) is 0. The highest BCUT2D eigenvalue weighted by molar-refractivity contribution is 6.67. The quantitative estimate of drug-likeness (QED) is 0.639. The number of aromatic nitrogens is 1. The maximum absolute atomic E-state index is 12.3. The summed E-state index contributed by atoms with van der Waals surface area (Å²) in [6.07, 6.45) is -2.84. The molecule has 0 aromatic carbocycles. The number of pyridine rings is 1. The number of nitrogens with two attached hydrogens (primary N) is 1. The van der Waals surface area contributed by atoms with Crippen molar-refractivity contribution >= 4 is 34.1 Å². The molecule has 0 saturated carbocycles. The number of rotatable bonds is 2. The van der Waals surface area contributed by atoms with E-state index in [0.29, 0.717) is 0 Å². The number of hydrogen-bond acceptors (Lipinski definition) is 3. The molecule has 0 aliphatic heterocycles. The second-order valence-electron chi connectivity index (χ2n) is 2.38. The first kappa shape index (κ1) is 11.1. The van der Waals surface area contributed by atoms with Crippen LogP contribution in [-0.2, 0) is 0 Å². The average Bonchev–Trinajstić information content (AvgIpc) is 2.01. The van der Waals surface area contributed by atoms with Gasteiger partial charge in [-0.15, -0.1) is 0 Å². The van der Waals surface area contributed by atoms with Crippen LogP contribution >= 0.6 is 23.2 Å². The standard InChI is InChI=1S/C7H4Cl2F2N2O/c8-5-4(7(10)11)2(12)1-3(13-5)6(9)14/h1,7H,(H2,12,13). The molecule has 0 amide bonds. The summed E-state index contributed by atoms with van der Waals surface area (Å²) in [5.41, 5.74) is 4.10. The molecule has 0 radical (unpaired) electrons. The number of alkyl halides is 2. The van der Waals surface area contributed by atoms with E-state index in [1.165, 1.54) is 0 Å². The molecule has 0 aliphatic carbocycles. The normalized spacial score (nSPS) is 10.6.